The van der Waals surface area contributed by atoms with Crippen molar-refractivity contribution in [2.24, 2.45) is 0 Å². The third-order valence-corrected chi connectivity index (χ3v) is 5.65. The van der Waals surface area contributed by atoms with E-state index in [4.69, 9.17) is 4.74 Å². The number of sulfone groups is 1. The van der Waals surface area contributed by atoms with Gasteiger partial charge in [-0.25, -0.2) is 8.42 Å². The molecule has 1 saturated heterocycles. The third-order valence-electron chi connectivity index (χ3n) is 3.88. The second-order valence-corrected chi connectivity index (χ2v) is 8.52. The van der Waals surface area contributed by atoms with Crippen LogP contribution in [0.1, 0.15) is 25.8 Å². The van der Waals surface area contributed by atoms with E-state index in [0.717, 1.165) is 0 Å². The van der Waals surface area contributed by atoms with Gasteiger partial charge in [-0.2, -0.15) is 0 Å². The molecule has 1 heterocycles. The number of amides is 2. The Hall–Kier alpha value is -2.42. The van der Waals surface area contributed by atoms with E-state index < -0.39 is 33.9 Å². The molecule has 2 amide bonds. The average Bonchev–Trinajstić information content (AvgIpc) is 2.87. The summed E-state index contributed by atoms with van der Waals surface area (Å²) in [6, 6.07) is 6.26. The molecule has 0 aromatic heterocycles. The van der Waals surface area contributed by atoms with E-state index in [0.29, 0.717) is 17.7 Å². The molecule has 8 nitrogen and oxygen atoms in total. The van der Waals surface area contributed by atoms with Gasteiger partial charge in [0.25, 0.3) is 5.91 Å². The molecule has 26 heavy (non-hydrogen) atoms. The molecule has 1 aliphatic heterocycles. The van der Waals surface area contributed by atoms with Crippen LogP contribution in [0.5, 0.6) is 0 Å². The van der Waals surface area contributed by atoms with E-state index in [2.05, 4.69) is 10.6 Å². The number of carbonyl (C=O) groups is 3. The van der Waals surface area contributed by atoms with Crippen LogP contribution in [0.2, 0.25) is 0 Å². The summed E-state index contributed by atoms with van der Waals surface area (Å²) < 4.78 is 27.9. The second-order valence-electron chi connectivity index (χ2n) is 6.30. The van der Waals surface area contributed by atoms with E-state index in [1.165, 1.54) is 13.8 Å². The lowest BCUT2D eigenvalue weighted by molar-refractivity contribution is -0.154. The van der Waals surface area contributed by atoms with Crippen molar-refractivity contribution in [2.45, 2.75) is 38.8 Å². The summed E-state index contributed by atoms with van der Waals surface area (Å²) in [6.45, 7) is 2.84. The van der Waals surface area contributed by atoms with Crippen LogP contribution in [0.25, 0.3) is 0 Å². The molecule has 1 fully saturated rings. The van der Waals surface area contributed by atoms with Crippen LogP contribution in [-0.2, 0) is 35.4 Å². The van der Waals surface area contributed by atoms with Gasteiger partial charge in [-0.3, -0.25) is 14.4 Å². The van der Waals surface area contributed by atoms with Gasteiger partial charge in [0, 0.05) is 18.7 Å². The van der Waals surface area contributed by atoms with Crippen molar-refractivity contribution >= 4 is 33.3 Å². The number of benzene rings is 1. The summed E-state index contributed by atoms with van der Waals surface area (Å²) in [5.41, 5.74) is 1.30. The number of nitrogens with one attached hydrogen (secondary N) is 2. The molecule has 1 aromatic rings. The standard InChI is InChI=1S/C17H22N2O6S/c1-11(17(22)19-15-7-8-26(23,24)10-15)25-16(21)9-13-3-5-14(6-4-13)18-12(2)20/h3-6,11,15H,7-10H2,1-2H3,(H,18,20)(H,19,22)/t11-,15-/m0/s1. The number of esters is 1. The fourth-order valence-electron chi connectivity index (χ4n) is 2.60. The van der Waals surface area contributed by atoms with Crippen molar-refractivity contribution in [1.29, 1.82) is 0 Å². The minimum atomic E-state index is -3.09. The lowest BCUT2D eigenvalue weighted by Crippen LogP contribution is -2.42. The number of carbonyl (C=O) groups excluding carboxylic acids is 3. The summed E-state index contributed by atoms with van der Waals surface area (Å²) in [6.07, 6.45) is -0.657. The fraction of sp³-hybridized carbons (Fsp3) is 0.471. The SMILES string of the molecule is CC(=O)Nc1ccc(CC(=O)O[C@@H](C)C(=O)N[C@H]2CCS(=O)(=O)C2)cc1. The second kappa shape index (κ2) is 8.31. The number of hydrogen-bond acceptors (Lipinski definition) is 6. The van der Waals surface area contributed by atoms with E-state index in [1.807, 2.05) is 0 Å². The van der Waals surface area contributed by atoms with Crippen LogP contribution in [0, 0.1) is 0 Å². The molecule has 0 aliphatic carbocycles. The molecule has 0 unspecified atom stereocenters. The predicted molar refractivity (Wildman–Crippen MR) is 95.2 cm³/mol. The first-order valence-electron chi connectivity index (χ1n) is 8.21. The molecule has 1 aliphatic rings. The minimum absolute atomic E-state index is 0.0181. The van der Waals surface area contributed by atoms with Gasteiger partial charge in [-0.15, -0.1) is 0 Å². The Morgan fingerprint density at radius 1 is 1.23 bits per heavy atom. The highest BCUT2D eigenvalue weighted by molar-refractivity contribution is 7.91. The van der Waals surface area contributed by atoms with Crippen molar-refractivity contribution < 1.29 is 27.5 Å². The lowest BCUT2D eigenvalue weighted by Gasteiger charge is -2.16. The van der Waals surface area contributed by atoms with Crippen molar-refractivity contribution in [3.05, 3.63) is 29.8 Å². The van der Waals surface area contributed by atoms with Gasteiger partial charge in [0.2, 0.25) is 5.91 Å². The zero-order valence-corrected chi connectivity index (χ0v) is 15.5. The lowest BCUT2D eigenvalue weighted by atomic mass is 10.1. The van der Waals surface area contributed by atoms with E-state index >= 15 is 0 Å². The quantitative estimate of drug-likeness (QED) is 0.689. The molecular weight excluding hydrogens is 360 g/mol. The first-order valence-corrected chi connectivity index (χ1v) is 10.0. The number of ether oxygens (including phenoxy) is 1. The number of rotatable bonds is 6. The van der Waals surface area contributed by atoms with Crippen molar-refractivity contribution in [2.75, 3.05) is 16.8 Å². The topological polar surface area (TPSA) is 119 Å². The van der Waals surface area contributed by atoms with E-state index in [1.54, 1.807) is 24.3 Å². The van der Waals surface area contributed by atoms with Crippen molar-refractivity contribution in [3.8, 4) is 0 Å². The van der Waals surface area contributed by atoms with E-state index in [9.17, 15) is 22.8 Å². The Morgan fingerprint density at radius 2 is 1.88 bits per heavy atom. The largest absolute Gasteiger partial charge is 0.452 e. The molecule has 2 atom stereocenters. The van der Waals surface area contributed by atoms with Crippen LogP contribution < -0.4 is 10.6 Å². The highest BCUT2D eigenvalue weighted by Gasteiger charge is 2.30. The van der Waals surface area contributed by atoms with Crippen LogP contribution in [0.15, 0.2) is 24.3 Å². The van der Waals surface area contributed by atoms with Crippen LogP contribution >= 0.6 is 0 Å². The molecule has 2 rings (SSSR count). The molecule has 2 N–H and O–H groups in total. The molecular formula is C17H22N2O6S. The highest BCUT2D eigenvalue weighted by Crippen LogP contribution is 2.13. The normalized spacial score (nSPS) is 19.4. The average molecular weight is 382 g/mol. The van der Waals surface area contributed by atoms with Gasteiger partial charge in [0.1, 0.15) is 0 Å². The molecule has 0 radical (unpaired) electrons. The third kappa shape index (κ3) is 6.14. The minimum Gasteiger partial charge on any atom is -0.452 e. The first kappa shape index (κ1) is 19.9. The smallest absolute Gasteiger partial charge is 0.311 e. The Labute approximate surface area is 152 Å². The molecule has 9 heteroatoms. The van der Waals surface area contributed by atoms with Crippen LogP contribution in [0.4, 0.5) is 5.69 Å². The highest BCUT2D eigenvalue weighted by atomic mass is 32.2. The van der Waals surface area contributed by atoms with Gasteiger partial charge >= 0.3 is 5.97 Å². The molecule has 142 valence electrons. The fourth-order valence-corrected chi connectivity index (χ4v) is 4.27. The van der Waals surface area contributed by atoms with Crippen LogP contribution in [0.3, 0.4) is 0 Å². The first-order chi connectivity index (χ1) is 12.1. The molecule has 0 bridgehead atoms. The van der Waals surface area contributed by atoms with Crippen LogP contribution in [-0.4, -0.2) is 49.9 Å². The maximum atomic E-state index is 12.0. The zero-order chi connectivity index (χ0) is 19.3. The van der Waals surface area contributed by atoms with Gasteiger partial charge < -0.3 is 15.4 Å². The van der Waals surface area contributed by atoms with Crippen molar-refractivity contribution in [1.82, 2.24) is 5.32 Å². The molecule has 0 spiro atoms. The zero-order valence-electron chi connectivity index (χ0n) is 14.7. The van der Waals surface area contributed by atoms with E-state index in [-0.39, 0.29) is 23.8 Å². The summed E-state index contributed by atoms with van der Waals surface area (Å²) in [4.78, 5) is 34.9. The summed E-state index contributed by atoms with van der Waals surface area (Å²) in [5, 5.41) is 5.22. The monoisotopic (exact) mass is 382 g/mol. The summed E-state index contributed by atoms with van der Waals surface area (Å²) in [7, 11) is -3.09. The Morgan fingerprint density at radius 3 is 2.42 bits per heavy atom. The number of hydrogen-bond donors (Lipinski definition) is 2. The Kier molecular flexibility index (Phi) is 6.36. The van der Waals surface area contributed by atoms with Gasteiger partial charge in [-0.1, -0.05) is 12.1 Å². The van der Waals surface area contributed by atoms with Gasteiger partial charge in [0.15, 0.2) is 15.9 Å². The maximum absolute atomic E-state index is 12.0. The Balaban J connectivity index is 1.81. The summed E-state index contributed by atoms with van der Waals surface area (Å²) in [5.74, 6) is -1.30. The van der Waals surface area contributed by atoms with Gasteiger partial charge in [-0.05, 0) is 31.0 Å². The molecule has 1 aromatic carbocycles. The maximum Gasteiger partial charge on any atom is 0.311 e. The van der Waals surface area contributed by atoms with Gasteiger partial charge in [0.05, 0.1) is 17.9 Å². The number of anilines is 1. The molecule has 0 saturated carbocycles. The predicted octanol–water partition coefficient (Wildman–Crippen LogP) is 0.423. The van der Waals surface area contributed by atoms with Crippen molar-refractivity contribution in [3.63, 3.8) is 0 Å². The summed E-state index contributed by atoms with van der Waals surface area (Å²) >= 11 is 0. The Bertz CT molecular complexity index is 788.